The predicted octanol–water partition coefficient (Wildman–Crippen LogP) is 2.98. The highest BCUT2D eigenvalue weighted by molar-refractivity contribution is 6.01. The smallest absolute Gasteiger partial charge is 0.306 e. The van der Waals surface area contributed by atoms with Crippen molar-refractivity contribution in [2.75, 3.05) is 5.32 Å². The molecule has 1 amide bonds. The van der Waals surface area contributed by atoms with Gasteiger partial charge in [0.05, 0.1) is 11.2 Å². The molecule has 0 saturated carbocycles. The molecule has 1 N–H and O–H groups in total. The molecule has 7 heteroatoms. The molecule has 2 aromatic rings. The molecule has 102 valence electrons. The van der Waals surface area contributed by atoms with Gasteiger partial charge in [-0.1, -0.05) is 0 Å². The number of furan rings is 1. The van der Waals surface area contributed by atoms with Crippen molar-refractivity contribution >= 4 is 23.4 Å². The Labute approximate surface area is 112 Å². The van der Waals surface area contributed by atoms with Gasteiger partial charge >= 0.3 is 5.69 Å². The van der Waals surface area contributed by atoms with E-state index in [1.165, 1.54) is 24.5 Å². The Hall–Kier alpha value is -2.96. The van der Waals surface area contributed by atoms with Crippen LogP contribution < -0.4 is 5.32 Å². The average Bonchev–Trinajstić information content (AvgIpc) is 2.91. The fourth-order valence-corrected chi connectivity index (χ4v) is 1.46. The van der Waals surface area contributed by atoms with Gasteiger partial charge in [0.1, 0.15) is 5.76 Å². The van der Waals surface area contributed by atoms with E-state index < -0.39 is 22.3 Å². The van der Waals surface area contributed by atoms with Crippen LogP contribution in [-0.2, 0) is 4.79 Å². The van der Waals surface area contributed by atoms with Crippen LogP contribution in [-0.4, -0.2) is 10.8 Å². The third-order valence-electron chi connectivity index (χ3n) is 2.35. The quantitative estimate of drug-likeness (QED) is 0.528. The van der Waals surface area contributed by atoms with Gasteiger partial charge in [-0.15, -0.1) is 0 Å². The van der Waals surface area contributed by atoms with Gasteiger partial charge in [-0.2, -0.15) is 4.39 Å². The highest BCUT2D eigenvalue weighted by Gasteiger charge is 2.14. The molecule has 0 atom stereocenters. The van der Waals surface area contributed by atoms with Gasteiger partial charge in [0, 0.05) is 17.8 Å². The molecular formula is C13H9FN2O4. The molecule has 0 aliphatic carbocycles. The summed E-state index contributed by atoms with van der Waals surface area (Å²) in [4.78, 5) is 21.3. The lowest BCUT2D eigenvalue weighted by Gasteiger charge is -2.02. The van der Waals surface area contributed by atoms with Gasteiger partial charge in [-0.3, -0.25) is 14.9 Å². The number of hydrogen-bond acceptors (Lipinski definition) is 4. The second-order valence-electron chi connectivity index (χ2n) is 3.76. The number of benzene rings is 1. The van der Waals surface area contributed by atoms with Crippen molar-refractivity contribution < 1.29 is 18.5 Å². The van der Waals surface area contributed by atoms with E-state index in [1.807, 2.05) is 0 Å². The lowest BCUT2D eigenvalue weighted by atomic mass is 10.2. The summed E-state index contributed by atoms with van der Waals surface area (Å²) in [7, 11) is 0. The van der Waals surface area contributed by atoms with E-state index in [0.29, 0.717) is 5.76 Å². The van der Waals surface area contributed by atoms with E-state index >= 15 is 0 Å². The maximum absolute atomic E-state index is 13.1. The maximum Gasteiger partial charge on any atom is 0.306 e. The number of rotatable bonds is 4. The molecular weight excluding hydrogens is 267 g/mol. The number of nitrogens with one attached hydrogen (secondary N) is 1. The molecule has 0 radical (unpaired) electrons. The van der Waals surface area contributed by atoms with Crippen molar-refractivity contribution in [1.29, 1.82) is 0 Å². The van der Waals surface area contributed by atoms with Gasteiger partial charge in [-0.25, -0.2) is 0 Å². The molecule has 0 fully saturated rings. The lowest BCUT2D eigenvalue weighted by molar-refractivity contribution is -0.387. The molecule has 1 heterocycles. The molecule has 0 bridgehead atoms. The van der Waals surface area contributed by atoms with Gasteiger partial charge < -0.3 is 9.73 Å². The van der Waals surface area contributed by atoms with Crippen molar-refractivity contribution in [2.45, 2.75) is 0 Å². The summed E-state index contributed by atoms with van der Waals surface area (Å²) < 4.78 is 18.1. The predicted molar refractivity (Wildman–Crippen MR) is 69.4 cm³/mol. The summed E-state index contributed by atoms with van der Waals surface area (Å²) >= 11 is 0. The number of anilines is 1. The number of halogens is 1. The Balaban J connectivity index is 2.08. The second-order valence-corrected chi connectivity index (χ2v) is 3.76. The largest absolute Gasteiger partial charge is 0.465 e. The van der Waals surface area contributed by atoms with E-state index in [-0.39, 0.29) is 5.69 Å². The first-order chi connectivity index (χ1) is 9.56. The van der Waals surface area contributed by atoms with E-state index in [4.69, 9.17) is 4.42 Å². The van der Waals surface area contributed by atoms with Gasteiger partial charge in [0.2, 0.25) is 11.7 Å². The molecule has 0 spiro atoms. The second kappa shape index (κ2) is 5.79. The monoisotopic (exact) mass is 276 g/mol. The van der Waals surface area contributed by atoms with Crippen molar-refractivity contribution in [2.24, 2.45) is 0 Å². The van der Waals surface area contributed by atoms with Crippen molar-refractivity contribution in [3.8, 4) is 0 Å². The van der Waals surface area contributed by atoms with E-state index in [1.54, 1.807) is 12.1 Å². The van der Waals surface area contributed by atoms with Crippen LogP contribution in [0.25, 0.3) is 6.08 Å². The fourth-order valence-electron chi connectivity index (χ4n) is 1.46. The number of nitrogens with zero attached hydrogens (tertiary/aromatic N) is 1. The first kappa shape index (κ1) is 13.5. The highest BCUT2D eigenvalue weighted by Crippen LogP contribution is 2.21. The number of hydrogen-bond donors (Lipinski definition) is 1. The van der Waals surface area contributed by atoms with Crippen LogP contribution in [0.4, 0.5) is 15.8 Å². The highest BCUT2D eigenvalue weighted by atomic mass is 19.1. The molecule has 0 unspecified atom stereocenters. The van der Waals surface area contributed by atoms with Crippen molar-refractivity contribution in [3.63, 3.8) is 0 Å². The minimum atomic E-state index is -0.959. The first-order valence-corrected chi connectivity index (χ1v) is 5.53. The summed E-state index contributed by atoms with van der Waals surface area (Å²) in [5, 5.41) is 13.0. The average molecular weight is 276 g/mol. The number of carbonyl (C=O) groups excluding carboxylic acids is 1. The van der Waals surface area contributed by atoms with E-state index in [2.05, 4.69) is 5.32 Å². The van der Waals surface area contributed by atoms with E-state index in [9.17, 15) is 19.3 Å². The van der Waals surface area contributed by atoms with Crippen LogP contribution in [0.5, 0.6) is 0 Å². The zero-order chi connectivity index (χ0) is 14.5. The Morgan fingerprint density at radius 2 is 2.20 bits per heavy atom. The Morgan fingerprint density at radius 1 is 1.40 bits per heavy atom. The maximum atomic E-state index is 13.1. The molecule has 0 saturated heterocycles. The molecule has 2 rings (SSSR count). The lowest BCUT2D eigenvalue weighted by Crippen LogP contribution is -2.08. The molecule has 6 nitrogen and oxygen atoms in total. The number of nitro benzene ring substituents is 1. The van der Waals surface area contributed by atoms with Gasteiger partial charge in [0.15, 0.2) is 0 Å². The molecule has 1 aromatic heterocycles. The third-order valence-corrected chi connectivity index (χ3v) is 2.35. The molecule has 0 aliphatic heterocycles. The zero-order valence-corrected chi connectivity index (χ0v) is 10.1. The Kier molecular flexibility index (Phi) is 3.90. The van der Waals surface area contributed by atoms with Crippen LogP contribution in [0.1, 0.15) is 5.76 Å². The van der Waals surface area contributed by atoms with Crippen molar-refractivity contribution in [3.05, 3.63) is 64.4 Å². The fraction of sp³-hybridized carbons (Fsp3) is 0. The Bertz CT molecular complexity index is 665. The van der Waals surface area contributed by atoms with Crippen molar-refractivity contribution in [1.82, 2.24) is 0 Å². The van der Waals surface area contributed by atoms with E-state index in [0.717, 1.165) is 12.1 Å². The van der Waals surface area contributed by atoms with Crippen LogP contribution >= 0.6 is 0 Å². The molecule has 1 aromatic carbocycles. The first-order valence-electron chi connectivity index (χ1n) is 5.53. The van der Waals surface area contributed by atoms with Crippen LogP contribution in [0.2, 0.25) is 0 Å². The SMILES string of the molecule is O=C(/C=C/c1ccco1)Nc1ccc(F)c([N+](=O)[O-])c1. The number of carbonyl (C=O) groups is 1. The number of amides is 1. The molecule has 20 heavy (non-hydrogen) atoms. The zero-order valence-electron chi connectivity index (χ0n) is 10.1. The van der Waals surface area contributed by atoms with Gasteiger partial charge in [-0.05, 0) is 30.3 Å². The summed E-state index contributed by atoms with van der Waals surface area (Å²) in [6.07, 6.45) is 4.10. The topological polar surface area (TPSA) is 85.4 Å². The number of nitro groups is 1. The Morgan fingerprint density at radius 3 is 2.85 bits per heavy atom. The van der Waals surface area contributed by atoms with Gasteiger partial charge in [0.25, 0.3) is 0 Å². The third kappa shape index (κ3) is 3.29. The van der Waals surface area contributed by atoms with Crippen LogP contribution in [0.15, 0.2) is 47.1 Å². The summed E-state index contributed by atoms with van der Waals surface area (Å²) in [5.74, 6) is -0.980. The van der Waals surface area contributed by atoms with Crippen LogP contribution in [0.3, 0.4) is 0 Å². The molecule has 0 aliphatic rings. The standard InChI is InChI=1S/C13H9FN2O4/c14-11-5-3-9(8-12(11)16(18)19)15-13(17)6-4-10-2-1-7-20-10/h1-8H,(H,15,17)/b6-4+. The van der Waals surface area contributed by atoms with Crippen LogP contribution in [0, 0.1) is 15.9 Å². The summed E-state index contributed by atoms with van der Waals surface area (Å²) in [6, 6.07) is 6.44. The minimum absolute atomic E-state index is 0.132. The minimum Gasteiger partial charge on any atom is -0.465 e. The normalized spacial score (nSPS) is 10.7. The summed E-state index contributed by atoms with van der Waals surface area (Å²) in [6.45, 7) is 0. The summed E-state index contributed by atoms with van der Waals surface area (Å²) in [5.41, 5.74) is -0.565.